The van der Waals surface area contributed by atoms with Gasteiger partial charge in [-0.1, -0.05) is 0 Å². The van der Waals surface area contributed by atoms with E-state index in [0.717, 1.165) is 17.5 Å². The second-order valence-electron chi connectivity index (χ2n) is 2.47. The van der Waals surface area contributed by atoms with Crippen molar-refractivity contribution < 1.29 is 0 Å². The van der Waals surface area contributed by atoms with Crippen molar-refractivity contribution >= 4 is 37.0 Å². The van der Waals surface area contributed by atoms with Gasteiger partial charge >= 0.3 is 0 Å². The summed E-state index contributed by atoms with van der Waals surface area (Å²) in [6, 6.07) is 0. The zero-order valence-corrected chi connectivity index (χ0v) is 9.60. The molecule has 0 atom stereocenters. The summed E-state index contributed by atoms with van der Waals surface area (Å²) in [5.41, 5.74) is 0. The minimum absolute atomic E-state index is 0.847. The van der Waals surface area contributed by atoms with Gasteiger partial charge in [0.05, 0.1) is 0 Å². The highest BCUT2D eigenvalue weighted by Crippen LogP contribution is 2.06. The Morgan fingerprint density at radius 1 is 1.27 bits per heavy atom. The normalized spacial score (nSPS) is 10.9. The fourth-order valence-electron chi connectivity index (χ4n) is 0.577. The summed E-state index contributed by atoms with van der Waals surface area (Å²) >= 11 is 10.3. The van der Waals surface area contributed by atoms with Gasteiger partial charge in [0.15, 0.2) is 0 Å². The minimum Gasteiger partial charge on any atom is -0.288 e. The molecule has 0 aromatic rings. The van der Waals surface area contributed by atoms with Crippen molar-refractivity contribution in [3.05, 3.63) is 0 Å². The summed E-state index contributed by atoms with van der Waals surface area (Å²) in [5, 5.41) is 0. The summed E-state index contributed by atoms with van der Waals surface area (Å²) in [4.78, 5) is 2.19. The highest BCUT2D eigenvalue weighted by atomic mass is 32.2. The van der Waals surface area contributed by atoms with Crippen molar-refractivity contribution in [2.24, 2.45) is 0 Å². The molecule has 0 aliphatic heterocycles. The summed E-state index contributed by atoms with van der Waals surface area (Å²) < 4.78 is 0. The molecule has 0 saturated heterocycles. The van der Waals surface area contributed by atoms with Crippen molar-refractivity contribution in [1.82, 2.24) is 4.90 Å². The van der Waals surface area contributed by atoms with Crippen LogP contribution in [0.4, 0.5) is 0 Å². The molecule has 0 radical (unpaired) electrons. The Labute approximate surface area is 85.1 Å². The van der Waals surface area contributed by atoms with Crippen LogP contribution in [0.25, 0.3) is 0 Å². The molecule has 0 aliphatic rings. The van der Waals surface area contributed by atoms with E-state index in [1.54, 1.807) is 0 Å². The highest BCUT2D eigenvalue weighted by Gasteiger charge is 1.93. The van der Waals surface area contributed by atoms with E-state index in [0.29, 0.717) is 0 Å². The third kappa shape index (κ3) is 8.92. The molecule has 0 aromatic heterocycles. The Morgan fingerprint density at radius 3 is 2.55 bits per heavy atom. The van der Waals surface area contributed by atoms with Crippen molar-refractivity contribution in [2.45, 2.75) is 12.8 Å². The van der Waals surface area contributed by atoms with E-state index in [1.807, 2.05) is 11.8 Å². The second-order valence-corrected chi connectivity index (χ2v) is 4.27. The number of hydrogen-bond donors (Lipinski definition) is 2. The molecule has 0 fully saturated rings. The largest absolute Gasteiger partial charge is 0.288 e. The first-order valence-electron chi connectivity index (χ1n) is 3.79. The molecule has 0 rings (SSSR count). The van der Waals surface area contributed by atoms with Gasteiger partial charge < -0.3 is 0 Å². The van der Waals surface area contributed by atoms with E-state index >= 15 is 0 Å². The van der Waals surface area contributed by atoms with Crippen LogP contribution in [0.5, 0.6) is 0 Å². The van der Waals surface area contributed by atoms with Gasteiger partial charge in [0.25, 0.3) is 0 Å². The molecule has 68 valence electrons. The second kappa shape index (κ2) is 9.10. The van der Waals surface area contributed by atoms with Gasteiger partial charge in [0, 0.05) is 11.8 Å². The number of nitrogens with zero attached hydrogens (tertiary/aromatic N) is 1. The van der Waals surface area contributed by atoms with Gasteiger partial charge in [-0.15, -0.1) is 11.8 Å². The lowest BCUT2D eigenvalue weighted by atomic mass is 10.4. The quantitative estimate of drug-likeness (QED) is 0.378. The van der Waals surface area contributed by atoms with Crippen LogP contribution in [0, 0.1) is 0 Å². The maximum absolute atomic E-state index is 4.16. The van der Waals surface area contributed by atoms with Crippen LogP contribution in [0.2, 0.25) is 0 Å². The molecule has 1 nitrogen and oxygen atoms in total. The maximum atomic E-state index is 4.16. The Kier molecular flexibility index (Phi) is 9.94. The first-order valence-corrected chi connectivity index (χ1v) is 6.21. The summed E-state index contributed by atoms with van der Waals surface area (Å²) in [5.74, 6) is 4.21. The zero-order chi connectivity index (χ0) is 8.53. The monoisotopic (exact) mass is 211 g/mol. The van der Waals surface area contributed by atoms with E-state index < -0.39 is 0 Å². The lowest BCUT2D eigenvalue weighted by molar-refractivity contribution is 0.467. The van der Waals surface area contributed by atoms with Gasteiger partial charge in [0.1, 0.15) is 0 Å². The molecule has 0 heterocycles. The van der Waals surface area contributed by atoms with E-state index in [-0.39, 0.29) is 0 Å². The molecule has 0 amide bonds. The van der Waals surface area contributed by atoms with Crippen LogP contribution in [0.3, 0.4) is 0 Å². The average Bonchev–Trinajstić information content (AvgIpc) is 2.04. The van der Waals surface area contributed by atoms with Crippen molar-refractivity contribution in [3.8, 4) is 0 Å². The molecule has 0 unspecified atom stereocenters. The average molecular weight is 211 g/mol. The van der Waals surface area contributed by atoms with E-state index in [2.05, 4.69) is 37.2 Å². The Hall–Kier alpha value is 1.01. The highest BCUT2D eigenvalue weighted by molar-refractivity contribution is 7.99. The summed E-state index contributed by atoms with van der Waals surface area (Å²) in [6.07, 6.45) is 2.52. The molecule has 0 aromatic carbocycles. The molecule has 0 bridgehead atoms. The minimum atomic E-state index is 0.847. The molecule has 0 aliphatic carbocycles. The number of rotatable bonds is 7. The fourth-order valence-corrected chi connectivity index (χ4v) is 1.98. The van der Waals surface area contributed by atoms with Gasteiger partial charge in [0.2, 0.25) is 0 Å². The van der Waals surface area contributed by atoms with E-state index in [4.69, 9.17) is 0 Å². The van der Waals surface area contributed by atoms with Crippen LogP contribution < -0.4 is 0 Å². The summed E-state index contributed by atoms with van der Waals surface area (Å²) in [6.45, 7) is 0. The first-order chi connectivity index (χ1) is 5.31. The number of thioether (sulfide) groups is 1. The molecule has 0 N–H and O–H groups in total. The third-order valence-corrected chi connectivity index (χ3v) is 3.25. The van der Waals surface area contributed by atoms with Gasteiger partial charge in [-0.25, -0.2) is 0 Å². The summed E-state index contributed by atoms with van der Waals surface area (Å²) in [7, 11) is 2.08. The van der Waals surface area contributed by atoms with Crippen molar-refractivity contribution in [2.75, 3.05) is 30.3 Å². The predicted molar refractivity (Wildman–Crippen MR) is 62.0 cm³/mol. The smallest absolute Gasteiger partial charge is 0.0449 e. The molecule has 4 heteroatoms. The topological polar surface area (TPSA) is 3.24 Å². The van der Waals surface area contributed by atoms with Crippen LogP contribution in [-0.2, 0) is 0 Å². The Balaban J connectivity index is 2.89. The molecule has 0 spiro atoms. The molecule has 11 heavy (non-hydrogen) atoms. The van der Waals surface area contributed by atoms with E-state index in [1.165, 1.54) is 18.6 Å². The van der Waals surface area contributed by atoms with Crippen LogP contribution in [-0.4, -0.2) is 35.2 Å². The Bertz CT molecular complexity index is 80.1. The predicted octanol–water partition coefficient (Wildman–Crippen LogP) is 2.21. The van der Waals surface area contributed by atoms with Gasteiger partial charge in [-0.05, 0) is 31.4 Å². The third-order valence-electron chi connectivity index (χ3n) is 1.25. The van der Waals surface area contributed by atoms with Crippen molar-refractivity contribution in [3.63, 3.8) is 0 Å². The van der Waals surface area contributed by atoms with Crippen LogP contribution in [0.15, 0.2) is 0 Å². The van der Waals surface area contributed by atoms with Crippen molar-refractivity contribution in [1.29, 1.82) is 0 Å². The molecule has 0 saturated carbocycles. The van der Waals surface area contributed by atoms with E-state index in [9.17, 15) is 0 Å². The van der Waals surface area contributed by atoms with Gasteiger partial charge in [-0.2, -0.15) is 25.3 Å². The molecular formula is C7H17NS3. The Morgan fingerprint density at radius 2 is 2.00 bits per heavy atom. The SMILES string of the molecule is CN(CS)CSCCCCS. The van der Waals surface area contributed by atoms with Gasteiger partial charge in [-0.3, -0.25) is 4.90 Å². The standard InChI is InChI=1S/C7H17NS3/c1-8(6-10)7-11-5-3-2-4-9/h9-10H,2-7H2,1H3. The zero-order valence-electron chi connectivity index (χ0n) is 6.99. The van der Waals surface area contributed by atoms with Crippen LogP contribution in [0.1, 0.15) is 12.8 Å². The van der Waals surface area contributed by atoms with Crippen LogP contribution >= 0.6 is 37.0 Å². The number of thiol groups is 2. The maximum Gasteiger partial charge on any atom is 0.0449 e. The fraction of sp³-hybridized carbons (Fsp3) is 1.00. The number of unbranched alkanes of at least 4 members (excludes halogenated alkanes) is 1. The lowest BCUT2D eigenvalue weighted by Crippen LogP contribution is -2.15. The molecular weight excluding hydrogens is 194 g/mol. The first kappa shape index (κ1) is 12.0. The number of hydrogen-bond acceptors (Lipinski definition) is 4. The lowest BCUT2D eigenvalue weighted by Gasteiger charge is -2.11.